The minimum Gasteiger partial charge on any atom is -0.481 e. The molecule has 2 amide bonds. The van der Waals surface area contributed by atoms with E-state index >= 15 is 0 Å². The number of nitrogens with zero attached hydrogens (tertiary/aromatic N) is 1. The van der Waals surface area contributed by atoms with E-state index in [4.69, 9.17) is 5.11 Å². The van der Waals surface area contributed by atoms with Crippen molar-refractivity contribution in [1.29, 1.82) is 0 Å². The smallest absolute Gasteiger partial charge is 0.315 e. The number of hydrogen-bond acceptors (Lipinski definition) is 4. The molecule has 0 bridgehead atoms. The Morgan fingerprint density at radius 3 is 2.53 bits per heavy atom. The highest BCUT2D eigenvalue weighted by Crippen LogP contribution is 2.21. The SMILES string of the molecule is CC(NC(=O)NC(C)(C)c1nccs1)C(C)C(=O)O. The van der Waals surface area contributed by atoms with Gasteiger partial charge in [0.1, 0.15) is 5.01 Å². The molecule has 0 saturated heterocycles. The van der Waals surface area contributed by atoms with Gasteiger partial charge < -0.3 is 15.7 Å². The highest BCUT2D eigenvalue weighted by molar-refractivity contribution is 7.09. The summed E-state index contributed by atoms with van der Waals surface area (Å²) in [5.74, 6) is -1.58. The van der Waals surface area contributed by atoms with Crippen molar-refractivity contribution in [3.63, 3.8) is 0 Å². The maximum Gasteiger partial charge on any atom is 0.315 e. The van der Waals surface area contributed by atoms with Gasteiger partial charge in [0.05, 0.1) is 11.5 Å². The summed E-state index contributed by atoms with van der Waals surface area (Å²) < 4.78 is 0. The van der Waals surface area contributed by atoms with E-state index in [-0.39, 0.29) is 0 Å². The number of carboxylic acid groups (broad SMARTS) is 1. The monoisotopic (exact) mass is 285 g/mol. The van der Waals surface area contributed by atoms with Crippen molar-refractivity contribution in [2.75, 3.05) is 0 Å². The number of urea groups is 1. The third kappa shape index (κ3) is 4.20. The molecule has 0 spiro atoms. The average Bonchev–Trinajstić information content (AvgIpc) is 2.80. The van der Waals surface area contributed by atoms with E-state index in [1.807, 2.05) is 19.2 Å². The van der Waals surface area contributed by atoms with Crippen LogP contribution in [0.25, 0.3) is 0 Å². The molecule has 0 aliphatic carbocycles. The van der Waals surface area contributed by atoms with E-state index in [9.17, 15) is 9.59 Å². The topological polar surface area (TPSA) is 91.3 Å². The van der Waals surface area contributed by atoms with Crippen LogP contribution in [0.15, 0.2) is 11.6 Å². The summed E-state index contributed by atoms with van der Waals surface area (Å²) in [5.41, 5.74) is -0.593. The molecule has 0 aliphatic rings. The Bertz CT molecular complexity index is 445. The van der Waals surface area contributed by atoms with Crippen LogP contribution in [0, 0.1) is 5.92 Å². The molecule has 0 aliphatic heterocycles. The van der Waals surface area contributed by atoms with Crippen molar-refractivity contribution in [2.24, 2.45) is 5.92 Å². The van der Waals surface area contributed by atoms with Gasteiger partial charge in [0, 0.05) is 17.6 Å². The van der Waals surface area contributed by atoms with Crippen molar-refractivity contribution < 1.29 is 14.7 Å². The van der Waals surface area contributed by atoms with Gasteiger partial charge in [-0.3, -0.25) is 4.79 Å². The molecule has 1 rings (SSSR count). The molecule has 6 nitrogen and oxygen atoms in total. The van der Waals surface area contributed by atoms with Crippen molar-refractivity contribution >= 4 is 23.3 Å². The Kier molecular flexibility index (Phi) is 4.88. The van der Waals surface area contributed by atoms with Crippen LogP contribution < -0.4 is 10.6 Å². The summed E-state index contributed by atoms with van der Waals surface area (Å²) in [6, 6.07) is -0.856. The predicted octanol–water partition coefficient (Wildman–Crippen LogP) is 1.79. The summed E-state index contributed by atoms with van der Waals surface area (Å²) >= 11 is 1.45. The van der Waals surface area contributed by atoms with Crippen molar-refractivity contribution in [3.8, 4) is 0 Å². The lowest BCUT2D eigenvalue weighted by atomic mass is 10.0. The highest BCUT2D eigenvalue weighted by atomic mass is 32.1. The van der Waals surface area contributed by atoms with Crippen molar-refractivity contribution in [2.45, 2.75) is 39.3 Å². The number of aliphatic carboxylic acids is 1. The molecular weight excluding hydrogens is 266 g/mol. The van der Waals surface area contributed by atoms with Crippen molar-refractivity contribution in [1.82, 2.24) is 15.6 Å². The third-order valence-electron chi connectivity index (χ3n) is 2.89. The van der Waals surface area contributed by atoms with Crippen molar-refractivity contribution in [3.05, 3.63) is 16.6 Å². The summed E-state index contributed by atoms with van der Waals surface area (Å²) in [6.07, 6.45) is 1.68. The number of carbonyl (C=O) groups is 2. The van der Waals surface area contributed by atoms with Crippen LogP contribution in [0.2, 0.25) is 0 Å². The second-order valence-corrected chi connectivity index (χ2v) is 5.87. The molecule has 2 atom stereocenters. The first-order valence-corrected chi connectivity index (χ1v) is 6.83. The van der Waals surface area contributed by atoms with Gasteiger partial charge in [0.15, 0.2) is 0 Å². The number of thiazole rings is 1. The molecule has 1 heterocycles. The van der Waals surface area contributed by atoms with Crippen LogP contribution in [0.5, 0.6) is 0 Å². The van der Waals surface area contributed by atoms with Crippen LogP contribution in [0.1, 0.15) is 32.7 Å². The zero-order valence-corrected chi connectivity index (χ0v) is 12.2. The van der Waals surface area contributed by atoms with Crippen LogP contribution in [-0.2, 0) is 10.3 Å². The van der Waals surface area contributed by atoms with Gasteiger partial charge in [-0.25, -0.2) is 9.78 Å². The molecule has 19 heavy (non-hydrogen) atoms. The second kappa shape index (κ2) is 6.01. The summed E-state index contributed by atoms with van der Waals surface area (Å²) in [4.78, 5) is 26.8. The average molecular weight is 285 g/mol. The minimum absolute atomic E-state index is 0.402. The fraction of sp³-hybridized carbons (Fsp3) is 0.583. The van der Waals surface area contributed by atoms with Gasteiger partial charge in [0.25, 0.3) is 0 Å². The lowest BCUT2D eigenvalue weighted by Crippen LogP contribution is -2.50. The number of nitrogens with one attached hydrogen (secondary N) is 2. The maximum atomic E-state index is 11.9. The Labute approximate surface area is 116 Å². The van der Waals surface area contributed by atoms with Gasteiger partial charge in [-0.05, 0) is 27.7 Å². The molecule has 106 valence electrons. The van der Waals surface area contributed by atoms with Crippen LogP contribution >= 0.6 is 11.3 Å². The number of aromatic nitrogens is 1. The van der Waals surface area contributed by atoms with E-state index < -0.39 is 29.5 Å². The van der Waals surface area contributed by atoms with Crippen LogP contribution in [0.4, 0.5) is 4.79 Å². The fourth-order valence-electron chi connectivity index (χ4n) is 1.45. The fourth-order valence-corrected chi connectivity index (χ4v) is 2.17. The largest absolute Gasteiger partial charge is 0.481 e. The Hall–Kier alpha value is -1.63. The minimum atomic E-state index is -0.938. The zero-order valence-electron chi connectivity index (χ0n) is 11.4. The number of carbonyl (C=O) groups excluding carboxylic acids is 1. The lowest BCUT2D eigenvalue weighted by molar-refractivity contribution is -0.141. The van der Waals surface area contributed by atoms with Gasteiger partial charge >= 0.3 is 12.0 Å². The summed E-state index contributed by atoms with van der Waals surface area (Å²) in [7, 11) is 0. The van der Waals surface area contributed by atoms with Gasteiger partial charge in [-0.1, -0.05) is 0 Å². The second-order valence-electron chi connectivity index (χ2n) is 4.98. The Morgan fingerprint density at radius 1 is 1.42 bits per heavy atom. The molecular formula is C12H19N3O3S. The van der Waals surface area contributed by atoms with E-state index in [1.165, 1.54) is 11.3 Å². The molecule has 0 aromatic carbocycles. The number of carboxylic acids is 1. The normalized spacial score (nSPS) is 14.5. The van der Waals surface area contributed by atoms with E-state index in [1.54, 1.807) is 20.0 Å². The first-order valence-electron chi connectivity index (χ1n) is 5.95. The van der Waals surface area contributed by atoms with Crippen LogP contribution in [0.3, 0.4) is 0 Å². The Balaban J connectivity index is 2.58. The Morgan fingerprint density at radius 2 is 2.05 bits per heavy atom. The quantitative estimate of drug-likeness (QED) is 0.769. The maximum absolute atomic E-state index is 11.9. The molecule has 2 unspecified atom stereocenters. The highest BCUT2D eigenvalue weighted by Gasteiger charge is 2.27. The van der Waals surface area contributed by atoms with E-state index in [0.29, 0.717) is 0 Å². The van der Waals surface area contributed by atoms with E-state index in [0.717, 1.165) is 5.01 Å². The standard InChI is InChI=1S/C12H19N3O3S/c1-7(9(16)17)8(2)14-11(18)15-12(3,4)10-13-5-6-19-10/h5-8H,1-4H3,(H,16,17)(H2,14,15,18). The number of rotatable bonds is 5. The number of hydrogen-bond donors (Lipinski definition) is 3. The molecule has 0 saturated carbocycles. The molecule has 0 fully saturated rings. The first kappa shape index (κ1) is 15.4. The van der Waals surface area contributed by atoms with Gasteiger partial charge in [-0.15, -0.1) is 11.3 Å². The van der Waals surface area contributed by atoms with Gasteiger partial charge in [-0.2, -0.15) is 0 Å². The lowest BCUT2D eigenvalue weighted by Gasteiger charge is -2.26. The van der Waals surface area contributed by atoms with E-state index in [2.05, 4.69) is 15.6 Å². The molecule has 1 aromatic heterocycles. The predicted molar refractivity (Wildman–Crippen MR) is 73.1 cm³/mol. The molecule has 7 heteroatoms. The molecule has 0 radical (unpaired) electrons. The van der Waals surface area contributed by atoms with Crippen LogP contribution in [-0.4, -0.2) is 28.1 Å². The third-order valence-corrected chi connectivity index (χ3v) is 3.99. The summed E-state index contributed by atoms with van der Waals surface area (Å²) in [5, 5.41) is 16.9. The molecule has 3 N–H and O–H groups in total. The van der Waals surface area contributed by atoms with Gasteiger partial charge in [0.2, 0.25) is 0 Å². The number of amides is 2. The zero-order chi connectivity index (χ0) is 14.6. The molecule has 1 aromatic rings. The first-order chi connectivity index (χ1) is 8.74. The summed E-state index contributed by atoms with van der Waals surface area (Å²) in [6.45, 7) is 6.90.